The first kappa shape index (κ1) is 14.2. The largest absolute Gasteiger partial charge is 0.317 e. The molecule has 1 saturated heterocycles. The third-order valence-corrected chi connectivity index (χ3v) is 4.77. The molecule has 0 radical (unpaired) electrons. The van der Waals surface area contributed by atoms with E-state index in [1.54, 1.807) is 12.1 Å². The maximum atomic E-state index is 12.2. The van der Waals surface area contributed by atoms with E-state index in [4.69, 9.17) is 0 Å². The van der Waals surface area contributed by atoms with Crippen molar-refractivity contribution in [3.8, 4) is 0 Å². The highest BCUT2D eigenvalue weighted by Crippen LogP contribution is 2.13. The van der Waals surface area contributed by atoms with Crippen LogP contribution in [0.4, 0.5) is 0 Å². The van der Waals surface area contributed by atoms with Crippen LogP contribution < -0.4 is 10.0 Å². The van der Waals surface area contributed by atoms with Crippen LogP contribution in [0, 0.1) is 0 Å². The number of piperidine rings is 1. The topological polar surface area (TPSA) is 75.3 Å². The van der Waals surface area contributed by atoms with Gasteiger partial charge in [0.1, 0.15) is 0 Å². The molecule has 104 valence electrons. The summed E-state index contributed by atoms with van der Waals surface area (Å²) in [6, 6.07) is 6.01. The maximum Gasteiger partial charge on any atom is 0.240 e. The number of carbonyl (C=O) groups excluding carboxylic acids is 1. The third kappa shape index (κ3) is 3.62. The fraction of sp³-hybridized carbons (Fsp3) is 0.462. The van der Waals surface area contributed by atoms with Gasteiger partial charge in [0, 0.05) is 11.6 Å². The third-order valence-electron chi connectivity index (χ3n) is 3.23. The summed E-state index contributed by atoms with van der Waals surface area (Å²) in [7, 11) is -3.49. The highest BCUT2D eigenvalue weighted by Gasteiger charge is 2.21. The predicted octanol–water partition coefficient (Wildman–Crippen LogP) is 0.919. The molecule has 19 heavy (non-hydrogen) atoms. The fourth-order valence-corrected chi connectivity index (χ4v) is 3.40. The first-order valence-electron chi connectivity index (χ1n) is 6.33. The van der Waals surface area contributed by atoms with Crippen LogP contribution in [0.1, 0.15) is 30.1 Å². The van der Waals surface area contributed by atoms with Crippen molar-refractivity contribution in [3.05, 3.63) is 29.8 Å². The number of hydrogen-bond donors (Lipinski definition) is 2. The SMILES string of the molecule is CC(=O)c1ccc(S(=O)(=O)NC2CCNCC2)cc1. The van der Waals surface area contributed by atoms with E-state index in [-0.39, 0.29) is 16.7 Å². The van der Waals surface area contributed by atoms with Gasteiger partial charge in [-0.3, -0.25) is 4.79 Å². The molecule has 0 bridgehead atoms. The van der Waals surface area contributed by atoms with Crippen molar-refractivity contribution in [2.24, 2.45) is 0 Å². The average Bonchev–Trinajstić information content (AvgIpc) is 2.39. The molecule has 0 atom stereocenters. The smallest absolute Gasteiger partial charge is 0.240 e. The molecular weight excluding hydrogens is 264 g/mol. The summed E-state index contributed by atoms with van der Waals surface area (Å²) in [6.07, 6.45) is 1.59. The van der Waals surface area contributed by atoms with Crippen LogP contribution in [-0.4, -0.2) is 33.3 Å². The summed E-state index contributed by atoms with van der Waals surface area (Å²) in [5.74, 6) is -0.0738. The number of sulfonamides is 1. The van der Waals surface area contributed by atoms with Crippen LogP contribution in [0.15, 0.2) is 29.2 Å². The summed E-state index contributed by atoms with van der Waals surface area (Å²) in [6.45, 7) is 3.11. The Labute approximate surface area is 113 Å². The van der Waals surface area contributed by atoms with Gasteiger partial charge in [-0.1, -0.05) is 12.1 Å². The predicted molar refractivity (Wildman–Crippen MR) is 72.7 cm³/mol. The number of Topliss-reactive ketones (excluding diaryl/α,β-unsaturated/α-hetero) is 1. The van der Waals surface area contributed by atoms with Crippen LogP contribution in [-0.2, 0) is 10.0 Å². The van der Waals surface area contributed by atoms with Crippen molar-refractivity contribution in [2.45, 2.75) is 30.7 Å². The summed E-state index contributed by atoms with van der Waals surface area (Å²) in [5, 5.41) is 3.19. The zero-order valence-electron chi connectivity index (χ0n) is 10.8. The Balaban J connectivity index is 2.12. The van der Waals surface area contributed by atoms with Crippen LogP contribution in [0.3, 0.4) is 0 Å². The van der Waals surface area contributed by atoms with E-state index in [1.807, 2.05) is 0 Å². The molecule has 0 saturated carbocycles. The molecule has 2 N–H and O–H groups in total. The van der Waals surface area contributed by atoms with Gasteiger partial charge >= 0.3 is 0 Å². The van der Waals surface area contributed by atoms with Gasteiger partial charge in [-0.15, -0.1) is 0 Å². The molecule has 1 aliphatic rings. The van der Waals surface area contributed by atoms with E-state index in [9.17, 15) is 13.2 Å². The van der Waals surface area contributed by atoms with Gasteiger partial charge in [0.2, 0.25) is 10.0 Å². The van der Waals surface area contributed by atoms with Crippen LogP contribution in [0.25, 0.3) is 0 Å². The van der Waals surface area contributed by atoms with Gasteiger partial charge in [-0.05, 0) is 45.0 Å². The van der Waals surface area contributed by atoms with Gasteiger partial charge < -0.3 is 5.32 Å². The standard InChI is InChI=1S/C13H18N2O3S/c1-10(16)11-2-4-13(5-3-11)19(17,18)15-12-6-8-14-9-7-12/h2-5,12,14-15H,6-9H2,1H3. The monoisotopic (exact) mass is 282 g/mol. The van der Waals surface area contributed by atoms with Crippen LogP contribution in [0.2, 0.25) is 0 Å². The van der Waals surface area contributed by atoms with E-state index in [0.717, 1.165) is 25.9 Å². The summed E-state index contributed by atoms with van der Waals surface area (Å²) in [4.78, 5) is 11.4. The van der Waals surface area contributed by atoms with Gasteiger partial charge in [-0.2, -0.15) is 0 Å². The molecule has 0 amide bonds. The molecule has 0 aromatic heterocycles. The molecule has 1 aromatic carbocycles. The molecule has 2 rings (SSSR count). The highest BCUT2D eigenvalue weighted by molar-refractivity contribution is 7.89. The van der Waals surface area contributed by atoms with Gasteiger partial charge in [0.05, 0.1) is 4.90 Å². The summed E-state index contributed by atoms with van der Waals surface area (Å²) >= 11 is 0. The maximum absolute atomic E-state index is 12.2. The molecule has 1 aromatic rings. The number of hydrogen-bond acceptors (Lipinski definition) is 4. The lowest BCUT2D eigenvalue weighted by atomic mass is 10.1. The number of ketones is 1. The van der Waals surface area contributed by atoms with Crippen molar-refractivity contribution in [1.82, 2.24) is 10.0 Å². The lowest BCUT2D eigenvalue weighted by Crippen LogP contribution is -2.42. The zero-order valence-corrected chi connectivity index (χ0v) is 11.7. The molecule has 1 aliphatic heterocycles. The summed E-state index contributed by atoms with van der Waals surface area (Å²) in [5.41, 5.74) is 0.515. The Kier molecular flexibility index (Phi) is 4.34. The Bertz CT molecular complexity index is 546. The van der Waals surface area contributed by atoms with Crippen molar-refractivity contribution in [1.29, 1.82) is 0 Å². The highest BCUT2D eigenvalue weighted by atomic mass is 32.2. The molecule has 5 nitrogen and oxygen atoms in total. The van der Waals surface area contributed by atoms with E-state index in [1.165, 1.54) is 19.1 Å². The summed E-state index contributed by atoms with van der Waals surface area (Å²) < 4.78 is 27.0. The van der Waals surface area contributed by atoms with Crippen molar-refractivity contribution >= 4 is 15.8 Å². The molecule has 0 aliphatic carbocycles. The van der Waals surface area contributed by atoms with Crippen molar-refractivity contribution in [3.63, 3.8) is 0 Å². The second-order valence-corrected chi connectivity index (χ2v) is 6.44. The van der Waals surface area contributed by atoms with Gasteiger partial charge in [0.25, 0.3) is 0 Å². The molecular formula is C13H18N2O3S. The first-order chi connectivity index (χ1) is 8.99. The Morgan fingerprint density at radius 1 is 1.21 bits per heavy atom. The molecule has 0 unspecified atom stereocenters. The minimum Gasteiger partial charge on any atom is -0.317 e. The Morgan fingerprint density at radius 2 is 1.79 bits per heavy atom. The Morgan fingerprint density at radius 3 is 2.32 bits per heavy atom. The van der Waals surface area contributed by atoms with Crippen LogP contribution in [0.5, 0.6) is 0 Å². The van der Waals surface area contributed by atoms with E-state index < -0.39 is 10.0 Å². The van der Waals surface area contributed by atoms with Gasteiger partial charge in [-0.25, -0.2) is 13.1 Å². The number of benzene rings is 1. The number of carbonyl (C=O) groups is 1. The van der Waals surface area contributed by atoms with E-state index in [0.29, 0.717) is 5.56 Å². The van der Waals surface area contributed by atoms with E-state index in [2.05, 4.69) is 10.0 Å². The average molecular weight is 282 g/mol. The minimum absolute atomic E-state index is 0.0151. The number of nitrogens with one attached hydrogen (secondary N) is 2. The lowest BCUT2D eigenvalue weighted by Gasteiger charge is -2.23. The fourth-order valence-electron chi connectivity index (χ4n) is 2.10. The Hall–Kier alpha value is -1.24. The number of rotatable bonds is 4. The molecule has 0 spiro atoms. The van der Waals surface area contributed by atoms with E-state index >= 15 is 0 Å². The molecule has 1 fully saturated rings. The van der Waals surface area contributed by atoms with Crippen LogP contribution >= 0.6 is 0 Å². The molecule has 1 heterocycles. The van der Waals surface area contributed by atoms with Crippen molar-refractivity contribution < 1.29 is 13.2 Å². The first-order valence-corrected chi connectivity index (χ1v) is 7.81. The lowest BCUT2D eigenvalue weighted by molar-refractivity contribution is 0.101. The molecule has 6 heteroatoms. The van der Waals surface area contributed by atoms with Gasteiger partial charge in [0.15, 0.2) is 5.78 Å². The second kappa shape index (κ2) is 5.81. The minimum atomic E-state index is -3.49. The quantitative estimate of drug-likeness (QED) is 0.805. The normalized spacial score (nSPS) is 17.3. The van der Waals surface area contributed by atoms with Crippen molar-refractivity contribution in [2.75, 3.05) is 13.1 Å². The second-order valence-electron chi connectivity index (χ2n) is 4.73. The zero-order chi connectivity index (χ0) is 13.9.